The van der Waals surface area contributed by atoms with Crippen molar-refractivity contribution in [3.8, 4) is 17.0 Å². The number of rotatable bonds is 4. The Labute approximate surface area is 183 Å². The van der Waals surface area contributed by atoms with Crippen LogP contribution in [0.2, 0.25) is 0 Å². The standard InChI is InChI=1S/C24H23F2N5O/c1-14-23-16(13-31-8-7-27-12-22(31)15-3-2-4-17(25)9-15)10-21(28-24(23)30-29-14)19-6-5-18(32)11-20(19)26/h2-6,9-11,22,27,32H,7-8,12-13H2,1H3,(H,28,29,30)/t22-/m1/s1. The summed E-state index contributed by atoms with van der Waals surface area (Å²) in [4.78, 5) is 6.87. The van der Waals surface area contributed by atoms with E-state index in [0.717, 1.165) is 41.4 Å². The molecule has 0 unspecified atom stereocenters. The molecule has 0 saturated carbocycles. The fraction of sp³-hybridized carbons (Fsp3) is 0.250. The van der Waals surface area contributed by atoms with E-state index in [1.165, 1.54) is 18.2 Å². The molecule has 0 bridgehead atoms. The first-order valence-electron chi connectivity index (χ1n) is 10.5. The van der Waals surface area contributed by atoms with Gasteiger partial charge in [0.05, 0.1) is 11.4 Å². The molecule has 4 aromatic rings. The second kappa shape index (κ2) is 8.29. The van der Waals surface area contributed by atoms with Crippen LogP contribution in [0.5, 0.6) is 5.75 Å². The zero-order valence-corrected chi connectivity index (χ0v) is 17.6. The van der Waals surface area contributed by atoms with Crippen molar-refractivity contribution in [3.05, 3.63) is 77.0 Å². The van der Waals surface area contributed by atoms with Crippen molar-refractivity contribution in [2.24, 2.45) is 0 Å². The molecule has 0 spiro atoms. The van der Waals surface area contributed by atoms with Gasteiger partial charge in [-0.05, 0) is 48.4 Å². The van der Waals surface area contributed by atoms with E-state index in [2.05, 4.69) is 25.4 Å². The van der Waals surface area contributed by atoms with E-state index in [-0.39, 0.29) is 17.6 Å². The number of phenolic OH excluding ortho intramolecular Hbond substituents is 1. The Morgan fingerprint density at radius 3 is 2.84 bits per heavy atom. The zero-order chi connectivity index (χ0) is 22.2. The molecule has 2 aromatic carbocycles. The number of piperazine rings is 1. The SMILES string of the molecule is Cc1n[nH]c2nc(-c3ccc(O)cc3F)cc(CN3CCNC[C@@H]3c3cccc(F)c3)c12. The Balaban J connectivity index is 1.57. The molecule has 32 heavy (non-hydrogen) atoms. The third-order valence-electron chi connectivity index (χ3n) is 5.98. The van der Waals surface area contributed by atoms with E-state index in [4.69, 9.17) is 0 Å². The van der Waals surface area contributed by atoms with E-state index in [9.17, 15) is 13.9 Å². The predicted octanol–water partition coefficient (Wildman–Crippen LogP) is 4.06. The number of aromatic nitrogens is 3. The van der Waals surface area contributed by atoms with Gasteiger partial charge < -0.3 is 10.4 Å². The van der Waals surface area contributed by atoms with Crippen molar-refractivity contribution in [2.45, 2.75) is 19.5 Å². The minimum Gasteiger partial charge on any atom is -0.508 e. The summed E-state index contributed by atoms with van der Waals surface area (Å²) in [5.41, 5.74) is 4.05. The molecule has 8 heteroatoms. The molecule has 3 heterocycles. The van der Waals surface area contributed by atoms with Crippen LogP contribution < -0.4 is 5.32 Å². The Morgan fingerprint density at radius 2 is 2.03 bits per heavy atom. The van der Waals surface area contributed by atoms with Crippen molar-refractivity contribution < 1.29 is 13.9 Å². The van der Waals surface area contributed by atoms with Gasteiger partial charge in [0.1, 0.15) is 17.4 Å². The average Bonchev–Trinajstić information content (AvgIpc) is 3.15. The molecule has 1 atom stereocenters. The molecule has 164 valence electrons. The monoisotopic (exact) mass is 435 g/mol. The van der Waals surface area contributed by atoms with Gasteiger partial charge in [-0.25, -0.2) is 13.8 Å². The molecule has 2 aromatic heterocycles. The van der Waals surface area contributed by atoms with E-state index >= 15 is 0 Å². The Morgan fingerprint density at radius 1 is 1.16 bits per heavy atom. The average molecular weight is 435 g/mol. The van der Waals surface area contributed by atoms with Gasteiger partial charge in [-0.3, -0.25) is 10.00 Å². The van der Waals surface area contributed by atoms with Crippen molar-refractivity contribution in [1.29, 1.82) is 0 Å². The first kappa shape index (κ1) is 20.5. The highest BCUT2D eigenvalue weighted by molar-refractivity contribution is 5.84. The van der Waals surface area contributed by atoms with Crippen LogP contribution in [0.15, 0.2) is 48.5 Å². The minimum absolute atomic E-state index is 0.00345. The van der Waals surface area contributed by atoms with Crippen LogP contribution in [-0.4, -0.2) is 44.8 Å². The molecule has 1 fully saturated rings. The number of hydrogen-bond donors (Lipinski definition) is 3. The number of nitrogens with zero attached hydrogens (tertiary/aromatic N) is 3. The van der Waals surface area contributed by atoms with E-state index in [0.29, 0.717) is 30.0 Å². The summed E-state index contributed by atoms with van der Waals surface area (Å²) in [5, 5.41) is 21.1. The summed E-state index contributed by atoms with van der Waals surface area (Å²) >= 11 is 0. The molecule has 0 aliphatic carbocycles. The smallest absolute Gasteiger partial charge is 0.156 e. The van der Waals surface area contributed by atoms with Crippen LogP contribution in [0.4, 0.5) is 8.78 Å². The molecular weight excluding hydrogens is 412 g/mol. The van der Waals surface area contributed by atoms with Crippen LogP contribution in [0.25, 0.3) is 22.3 Å². The number of halogens is 2. The number of hydrogen-bond acceptors (Lipinski definition) is 5. The number of aryl methyl sites for hydroxylation is 1. The highest BCUT2D eigenvalue weighted by Crippen LogP contribution is 2.32. The maximum atomic E-state index is 14.6. The Kier molecular flexibility index (Phi) is 5.32. The minimum atomic E-state index is -0.543. The number of nitrogens with one attached hydrogen (secondary N) is 2. The lowest BCUT2D eigenvalue weighted by atomic mass is 10.00. The van der Waals surface area contributed by atoms with Crippen molar-refractivity contribution in [2.75, 3.05) is 19.6 Å². The van der Waals surface area contributed by atoms with Crippen molar-refractivity contribution >= 4 is 11.0 Å². The molecule has 3 N–H and O–H groups in total. The lowest BCUT2D eigenvalue weighted by Gasteiger charge is -2.36. The largest absolute Gasteiger partial charge is 0.508 e. The molecule has 1 saturated heterocycles. The fourth-order valence-corrected chi connectivity index (χ4v) is 4.45. The molecule has 0 radical (unpaired) electrons. The van der Waals surface area contributed by atoms with Gasteiger partial charge in [-0.1, -0.05) is 12.1 Å². The highest BCUT2D eigenvalue weighted by atomic mass is 19.1. The van der Waals surface area contributed by atoms with Crippen molar-refractivity contribution in [1.82, 2.24) is 25.4 Å². The number of fused-ring (bicyclic) bond motifs is 1. The first-order chi connectivity index (χ1) is 15.5. The Hall–Kier alpha value is -3.36. The lowest BCUT2D eigenvalue weighted by molar-refractivity contribution is 0.154. The zero-order valence-electron chi connectivity index (χ0n) is 17.6. The van der Waals surface area contributed by atoms with Crippen molar-refractivity contribution in [3.63, 3.8) is 0 Å². The topological polar surface area (TPSA) is 77.1 Å². The second-order valence-electron chi connectivity index (χ2n) is 8.11. The number of pyridine rings is 1. The molecule has 1 aliphatic rings. The maximum Gasteiger partial charge on any atom is 0.156 e. The normalized spacial score (nSPS) is 17.2. The first-order valence-corrected chi connectivity index (χ1v) is 10.5. The van der Waals surface area contributed by atoms with E-state index < -0.39 is 5.82 Å². The number of benzene rings is 2. The van der Waals surface area contributed by atoms with Gasteiger partial charge in [-0.15, -0.1) is 0 Å². The summed E-state index contributed by atoms with van der Waals surface area (Å²) in [6.45, 7) is 4.80. The third-order valence-corrected chi connectivity index (χ3v) is 5.98. The van der Waals surface area contributed by atoms with Crippen LogP contribution >= 0.6 is 0 Å². The molecule has 1 aliphatic heterocycles. The van der Waals surface area contributed by atoms with Crippen LogP contribution in [0.1, 0.15) is 22.9 Å². The van der Waals surface area contributed by atoms with Gasteiger partial charge in [0.15, 0.2) is 5.65 Å². The van der Waals surface area contributed by atoms with E-state index in [1.807, 2.05) is 19.1 Å². The molecule has 6 nitrogen and oxygen atoms in total. The third kappa shape index (κ3) is 3.83. The van der Waals surface area contributed by atoms with E-state index in [1.54, 1.807) is 12.1 Å². The van der Waals surface area contributed by atoms with Crippen LogP contribution in [-0.2, 0) is 6.54 Å². The number of aromatic hydroxyl groups is 1. The van der Waals surface area contributed by atoms with Gasteiger partial charge in [-0.2, -0.15) is 5.10 Å². The van der Waals surface area contributed by atoms with Crippen LogP contribution in [0, 0.1) is 18.6 Å². The van der Waals surface area contributed by atoms with Gasteiger partial charge in [0.25, 0.3) is 0 Å². The Bertz CT molecular complexity index is 1290. The number of phenols is 1. The summed E-state index contributed by atoms with van der Waals surface area (Å²) < 4.78 is 28.5. The fourth-order valence-electron chi connectivity index (χ4n) is 4.45. The van der Waals surface area contributed by atoms with Gasteiger partial charge in [0.2, 0.25) is 0 Å². The quantitative estimate of drug-likeness (QED) is 0.451. The summed E-state index contributed by atoms with van der Waals surface area (Å²) in [5.74, 6) is -0.933. The van der Waals surface area contributed by atoms with Gasteiger partial charge in [0, 0.05) is 49.2 Å². The molecule has 5 rings (SSSR count). The number of H-pyrrole nitrogens is 1. The summed E-state index contributed by atoms with van der Waals surface area (Å²) in [6.07, 6.45) is 0. The lowest BCUT2D eigenvalue weighted by Crippen LogP contribution is -2.45. The van der Waals surface area contributed by atoms with Gasteiger partial charge >= 0.3 is 0 Å². The highest BCUT2D eigenvalue weighted by Gasteiger charge is 2.26. The molecular formula is C24H23F2N5O. The second-order valence-corrected chi connectivity index (χ2v) is 8.11. The predicted molar refractivity (Wildman–Crippen MR) is 118 cm³/mol. The summed E-state index contributed by atoms with van der Waals surface area (Å²) in [7, 11) is 0. The van der Waals surface area contributed by atoms with Crippen LogP contribution in [0.3, 0.4) is 0 Å². The summed E-state index contributed by atoms with van der Waals surface area (Å²) in [6, 6.07) is 12.6. The molecule has 0 amide bonds. The maximum absolute atomic E-state index is 14.6. The number of aromatic amines is 1.